The zero-order valence-electron chi connectivity index (χ0n) is 18.0. The summed E-state index contributed by atoms with van der Waals surface area (Å²) in [6, 6.07) is 16.9. The molecule has 2 N–H and O–H groups in total. The molecule has 2 heterocycles. The third-order valence-electron chi connectivity index (χ3n) is 5.38. The molecule has 2 aromatic carbocycles. The smallest absolute Gasteiger partial charge is 0.238 e. The first-order chi connectivity index (χ1) is 15.8. The summed E-state index contributed by atoms with van der Waals surface area (Å²) < 4.78 is 36.5. The Hall–Kier alpha value is -3.49. The quantitative estimate of drug-likeness (QED) is 0.442. The van der Waals surface area contributed by atoms with Crippen molar-refractivity contribution < 1.29 is 12.8 Å². The minimum atomic E-state index is -3.76. The Labute approximate surface area is 192 Å². The van der Waals surface area contributed by atoms with E-state index in [9.17, 15) is 12.8 Å². The van der Waals surface area contributed by atoms with Crippen LogP contribution in [0.25, 0.3) is 11.1 Å². The molecule has 4 rings (SSSR count). The summed E-state index contributed by atoms with van der Waals surface area (Å²) in [5.74, 6) is -0.136. The molecule has 2 aromatic heterocycles. The molecule has 0 spiro atoms. The molecule has 0 amide bonds. The van der Waals surface area contributed by atoms with E-state index in [0.717, 1.165) is 33.8 Å². The number of nitrogens with zero attached hydrogens (tertiary/aromatic N) is 3. The molecule has 8 heteroatoms. The van der Waals surface area contributed by atoms with Gasteiger partial charge in [0.15, 0.2) is 0 Å². The van der Waals surface area contributed by atoms with E-state index in [-0.39, 0.29) is 16.6 Å². The lowest BCUT2D eigenvalue weighted by atomic mass is 9.94. The number of hydrogen-bond donors (Lipinski definition) is 1. The molecule has 0 fully saturated rings. The topological polar surface area (TPSA) is 98.8 Å². The second kappa shape index (κ2) is 9.56. The number of halogens is 1. The average molecular weight is 463 g/mol. The lowest BCUT2D eigenvalue weighted by Crippen LogP contribution is -2.11. The standard InChI is InChI=1S/C25H23FN4O2S/c1-17(18-2-6-21(26)7-3-18)12-22-13-20(19-4-8-25(9-5-19)33(27,31)32)14-23(30-22)15-24-16-28-10-11-29-24/h2-11,13-14,16-17H,12,15H2,1H3,(H2,27,31,32)/t17-/m1/s1. The van der Waals surface area contributed by atoms with Gasteiger partial charge in [-0.15, -0.1) is 0 Å². The molecule has 0 aliphatic rings. The molecule has 0 unspecified atom stereocenters. The second-order valence-electron chi connectivity index (χ2n) is 7.94. The molecule has 0 saturated heterocycles. The predicted molar refractivity (Wildman–Crippen MR) is 124 cm³/mol. The summed E-state index contributed by atoms with van der Waals surface area (Å²) in [7, 11) is -3.76. The van der Waals surface area contributed by atoms with Gasteiger partial charge in [-0.25, -0.2) is 17.9 Å². The monoisotopic (exact) mass is 462 g/mol. The van der Waals surface area contributed by atoms with Gasteiger partial charge in [0.1, 0.15) is 5.82 Å². The van der Waals surface area contributed by atoms with Gasteiger partial charge in [0.05, 0.1) is 10.6 Å². The van der Waals surface area contributed by atoms with Gasteiger partial charge in [0.25, 0.3) is 0 Å². The Morgan fingerprint density at radius 1 is 0.909 bits per heavy atom. The van der Waals surface area contributed by atoms with Crippen LogP contribution >= 0.6 is 0 Å². The SMILES string of the molecule is C[C@H](Cc1cc(-c2ccc(S(N)(=O)=O)cc2)cc(Cc2cnccn2)n1)c1ccc(F)cc1. The molecule has 0 saturated carbocycles. The lowest BCUT2D eigenvalue weighted by Gasteiger charge is -2.14. The van der Waals surface area contributed by atoms with Gasteiger partial charge in [-0.2, -0.15) is 0 Å². The maximum atomic E-state index is 13.3. The van der Waals surface area contributed by atoms with Crippen LogP contribution in [-0.4, -0.2) is 23.4 Å². The van der Waals surface area contributed by atoms with E-state index >= 15 is 0 Å². The Bertz CT molecular complexity index is 1340. The second-order valence-corrected chi connectivity index (χ2v) is 9.50. The molecule has 168 valence electrons. The Morgan fingerprint density at radius 3 is 2.24 bits per heavy atom. The molecule has 0 aliphatic carbocycles. The highest BCUT2D eigenvalue weighted by Crippen LogP contribution is 2.26. The van der Waals surface area contributed by atoms with E-state index in [0.29, 0.717) is 12.8 Å². The number of pyridine rings is 1. The highest BCUT2D eigenvalue weighted by atomic mass is 32.2. The van der Waals surface area contributed by atoms with Gasteiger partial charge in [0.2, 0.25) is 10.0 Å². The molecule has 0 radical (unpaired) electrons. The third kappa shape index (κ3) is 5.85. The van der Waals surface area contributed by atoms with Crippen LogP contribution in [0.15, 0.2) is 84.1 Å². The van der Waals surface area contributed by atoms with E-state index in [1.54, 1.807) is 42.9 Å². The predicted octanol–water partition coefficient (Wildman–Crippen LogP) is 4.26. The van der Waals surface area contributed by atoms with E-state index in [2.05, 4.69) is 16.9 Å². The molecule has 0 aliphatic heterocycles. The molecule has 33 heavy (non-hydrogen) atoms. The van der Waals surface area contributed by atoms with Crippen LogP contribution in [0, 0.1) is 5.82 Å². The van der Waals surface area contributed by atoms with Crippen LogP contribution in [0.5, 0.6) is 0 Å². The van der Waals surface area contributed by atoms with Crippen molar-refractivity contribution in [3.63, 3.8) is 0 Å². The minimum Gasteiger partial charge on any atom is -0.261 e. The number of rotatable bonds is 7. The van der Waals surface area contributed by atoms with Gasteiger partial charge in [-0.3, -0.25) is 15.0 Å². The van der Waals surface area contributed by atoms with Crippen LogP contribution in [0.1, 0.15) is 35.5 Å². The molecular formula is C25H23FN4O2S. The van der Waals surface area contributed by atoms with Crippen molar-refractivity contribution in [2.45, 2.75) is 30.6 Å². The first kappa shape index (κ1) is 22.7. The van der Waals surface area contributed by atoms with Crippen LogP contribution in [-0.2, 0) is 22.9 Å². The molecule has 6 nitrogen and oxygen atoms in total. The molecule has 4 aromatic rings. The fourth-order valence-corrected chi connectivity index (χ4v) is 4.19. The first-order valence-corrected chi connectivity index (χ1v) is 12.0. The molecule has 0 bridgehead atoms. The maximum Gasteiger partial charge on any atom is 0.238 e. The minimum absolute atomic E-state index is 0.0604. The lowest BCUT2D eigenvalue weighted by molar-refractivity contribution is 0.598. The summed E-state index contributed by atoms with van der Waals surface area (Å²) in [6.45, 7) is 2.07. The van der Waals surface area contributed by atoms with E-state index in [1.165, 1.54) is 24.3 Å². The van der Waals surface area contributed by atoms with Crippen molar-refractivity contribution >= 4 is 10.0 Å². The Kier molecular flexibility index (Phi) is 6.57. The zero-order chi connectivity index (χ0) is 23.4. The molecule has 1 atom stereocenters. The Balaban J connectivity index is 1.69. The summed E-state index contributed by atoms with van der Waals surface area (Å²) in [5.41, 5.74) is 5.27. The summed E-state index contributed by atoms with van der Waals surface area (Å²) in [4.78, 5) is 13.4. The zero-order valence-corrected chi connectivity index (χ0v) is 18.8. The van der Waals surface area contributed by atoms with Gasteiger partial charge >= 0.3 is 0 Å². The number of aromatic nitrogens is 3. The Morgan fingerprint density at radius 2 is 1.61 bits per heavy atom. The highest BCUT2D eigenvalue weighted by molar-refractivity contribution is 7.89. The highest BCUT2D eigenvalue weighted by Gasteiger charge is 2.13. The number of hydrogen-bond acceptors (Lipinski definition) is 5. The molecular weight excluding hydrogens is 439 g/mol. The van der Waals surface area contributed by atoms with Gasteiger partial charge in [0, 0.05) is 36.4 Å². The maximum absolute atomic E-state index is 13.3. The number of sulfonamides is 1. The van der Waals surface area contributed by atoms with Crippen molar-refractivity contribution in [3.8, 4) is 11.1 Å². The summed E-state index contributed by atoms with van der Waals surface area (Å²) in [5, 5.41) is 5.22. The fourth-order valence-electron chi connectivity index (χ4n) is 3.68. The number of nitrogens with two attached hydrogens (primary N) is 1. The number of primary sulfonamides is 1. The van der Waals surface area contributed by atoms with Crippen molar-refractivity contribution in [1.82, 2.24) is 15.0 Å². The van der Waals surface area contributed by atoms with E-state index < -0.39 is 10.0 Å². The van der Waals surface area contributed by atoms with Crippen LogP contribution < -0.4 is 5.14 Å². The summed E-state index contributed by atoms with van der Waals surface area (Å²) >= 11 is 0. The van der Waals surface area contributed by atoms with Crippen molar-refractivity contribution in [1.29, 1.82) is 0 Å². The van der Waals surface area contributed by atoms with Gasteiger partial charge < -0.3 is 0 Å². The van der Waals surface area contributed by atoms with Crippen LogP contribution in [0.2, 0.25) is 0 Å². The largest absolute Gasteiger partial charge is 0.261 e. The van der Waals surface area contributed by atoms with E-state index in [1.807, 2.05) is 12.1 Å². The fraction of sp³-hybridized carbons (Fsp3) is 0.160. The first-order valence-electron chi connectivity index (χ1n) is 10.4. The van der Waals surface area contributed by atoms with Crippen molar-refractivity contribution in [2.24, 2.45) is 5.14 Å². The van der Waals surface area contributed by atoms with Crippen LogP contribution in [0.3, 0.4) is 0 Å². The van der Waals surface area contributed by atoms with Crippen molar-refractivity contribution in [3.05, 3.63) is 108 Å². The normalized spacial score (nSPS) is 12.5. The van der Waals surface area contributed by atoms with Crippen molar-refractivity contribution in [2.75, 3.05) is 0 Å². The van der Waals surface area contributed by atoms with Gasteiger partial charge in [-0.05, 0) is 65.4 Å². The average Bonchev–Trinajstić information content (AvgIpc) is 2.79. The number of benzene rings is 2. The van der Waals surface area contributed by atoms with Crippen LogP contribution in [0.4, 0.5) is 4.39 Å². The third-order valence-corrected chi connectivity index (χ3v) is 6.31. The van der Waals surface area contributed by atoms with Gasteiger partial charge in [-0.1, -0.05) is 31.2 Å². The summed E-state index contributed by atoms with van der Waals surface area (Å²) in [6.07, 6.45) is 6.13. The van der Waals surface area contributed by atoms with E-state index in [4.69, 9.17) is 10.1 Å².